The molecule has 0 amide bonds. The fourth-order valence-electron chi connectivity index (χ4n) is 5.73. The van der Waals surface area contributed by atoms with E-state index < -0.39 is 0 Å². The van der Waals surface area contributed by atoms with Gasteiger partial charge in [-0.15, -0.1) is 24.3 Å². The van der Waals surface area contributed by atoms with E-state index in [1.807, 2.05) is 121 Å². The van der Waals surface area contributed by atoms with Crippen LogP contribution in [0.2, 0.25) is 0 Å². The zero-order valence-corrected chi connectivity index (χ0v) is 35.9. The third-order valence-corrected chi connectivity index (χ3v) is 9.25. The van der Waals surface area contributed by atoms with Crippen molar-refractivity contribution in [2.75, 3.05) is 28.4 Å². The Morgan fingerprint density at radius 1 is 0.569 bits per heavy atom. The molecule has 0 aliphatic heterocycles. The van der Waals surface area contributed by atoms with Gasteiger partial charge in [-0.3, -0.25) is 19.3 Å². The molecular formula is C45H43IrN8O4-3. The van der Waals surface area contributed by atoms with Gasteiger partial charge in [0.2, 0.25) is 0 Å². The SMILES string of the molecule is COc1c[c-]c(-n2[c-][n+](-c3ccc(OC)cc3)c(C)c2C)cc1.COc1c[c-]c(-n2[c-][n+](-c3ccc(OC)cc3)c(C)c2C)cc1.[Ir].c1ccc(-c2cnn[n-]2)nc1. The summed E-state index contributed by atoms with van der Waals surface area (Å²) in [5.41, 5.74) is 9.93. The predicted molar refractivity (Wildman–Crippen MR) is 214 cm³/mol. The van der Waals surface area contributed by atoms with Gasteiger partial charge in [-0.05, 0) is 105 Å². The number of ether oxygens (including phenoxy) is 4. The summed E-state index contributed by atoms with van der Waals surface area (Å²) in [5.74, 6) is 3.26. The van der Waals surface area contributed by atoms with Crippen molar-refractivity contribution < 1.29 is 48.2 Å². The minimum Gasteiger partial charge on any atom is -0.554 e. The predicted octanol–water partition coefficient (Wildman–Crippen LogP) is 6.47. The molecule has 13 heteroatoms. The molecule has 58 heavy (non-hydrogen) atoms. The molecule has 0 spiro atoms. The number of hydrogen-bond acceptors (Lipinski definition) is 7. The van der Waals surface area contributed by atoms with Crippen LogP contribution in [0, 0.1) is 52.5 Å². The number of methoxy groups -OCH3 is 4. The zero-order valence-electron chi connectivity index (χ0n) is 33.5. The first-order valence-electron chi connectivity index (χ1n) is 17.9. The van der Waals surface area contributed by atoms with Crippen molar-refractivity contribution >= 4 is 0 Å². The van der Waals surface area contributed by atoms with Crippen LogP contribution in [0.5, 0.6) is 23.0 Å². The first-order chi connectivity index (χ1) is 27.7. The van der Waals surface area contributed by atoms with E-state index in [-0.39, 0.29) is 20.1 Å². The summed E-state index contributed by atoms with van der Waals surface area (Å²) in [4.78, 5) is 4.08. The van der Waals surface area contributed by atoms with E-state index in [1.165, 1.54) is 0 Å². The molecule has 0 saturated heterocycles. The van der Waals surface area contributed by atoms with Crippen LogP contribution in [0.4, 0.5) is 0 Å². The van der Waals surface area contributed by atoms with Crippen molar-refractivity contribution in [3.63, 3.8) is 0 Å². The smallest absolute Gasteiger partial charge is 0.267 e. The molecule has 0 N–H and O–H groups in total. The first kappa shape index (κ1) is 42.6. The van der Waals surface area contributed by atoms with Gasteiger partial charge in [-0.2, -0.15) is 24.3 Å². The number of nitrogens with zero attached hydrogens (tertiary/aromatic N) is 8. The normalized spacial score (nSPS) is 10.3. The minimum absolute atomic E-state index is 0. The third kappa shape index (κ3) is 9.86. The Morgan fingerprint density at radius 2 is 1.02 bits per heavy atom. The Bertz CT molecular complexity index is 2190. The van der Waals surface area contributed by atoms with Crippen molar-refractivity contribution in [1.29, 1.82) is 0 Å². The van der Waals surface area contributed by atoms with E-state index in [0.29, 0.717) is 5.69 Å². The molecule has 0 aliphatic rings. The summed E-state index contributed by atoms with van der Waals surface area (Å²) in [5, 5.41) is 10.8. The number of imidazole rings is 2. The zero-order chi connectivity index (χ0) is 40.3. The molecule has 299 valence electrons. The summed E-state index contributed by atoms with van der Waals surface area (Å²) < 4.78 is 28.9. The van der Waals surface area contributed by atoms with E-state index in [2.05, 4.69) is 72.9 Å². The number of aromatic nitrogens is 8. The van der Waals surface area contributed by atoms with E-state index in [1.54, 1.807) is 40.8 Å². The molecule has 4 heterocycles. The summed E-state index contributed by atoms with van der Waals surface area (Å²) in [6.07, 6.45) is 10.1. The monoisotopic (exact) mass is 952 g/mol. The molecule has 4 aromatic carbocycles. The molecule has 4 aromatic heterocycles. The molecule has 0 aliphatic carbocycles. The fourth-order valence-corrected chi connectivity index (χ4v) is 5.73. The standard InChI is InChI=1S/2C19H19N2O2.C7H5N4.Ir/c2*1-14-15(2)21(17-7-11-19(23-4)12-8-17)13-20(14)16-5-9-18(22-3)10-6-16;1-2-4-8-6(3-1)7-5-9-11-10-7;/h2*5-7,9-12H,1-4H3;1-5H;/q3*-1;. The van der Waals surface area contributed by atoms with Gasteiger partial charge in [0, 0.05) is 49.2 Å². The second-order valence-corrected chi connectivity index (χ2v) is 12.5. The molecule has 0 bridgehead atoms. The van der Waals surface area contributed by atoms with Crippen molar-refractivity contribution in [2.24, 2.45) is 0 Å². The molecule has 8 rings (SSSR count). The molecule has 0 atom stereocenters. The van der Waals surface area contributed by atoms with Crippen LogP contribution in [0.15, 0.2) is 116 Å². The maximum Gasteiger partial charge on any atom is 0.267 e. The molecule has 0 unspecified atom stereocenters. The number of hydrogen-bond donors (Lipinski definition) is 0. The van der Waals surface area contributed by atoms with Gasteiger partial charge in [0.05, 0.1) is 56.9 Å². The van der Waals surface area contributed by atoms with Gasteiger partial charge in [0.1, 0.15) is 11.5 Å². The van der Waals surface area contributed by atoms with Crippen LogP contribution in [0.3, 0.4) is 0 Å². The maximum atomic E-state index is 5.21. The second-order valence-electron chi connectivity index (χ2n) is 12.5. The van der Waals surface area contributed by atoms with Gasteiger partial charge < -0.3 is 38.3 Å². The van der Waals surface area contributed by atoms with Crippen LogP contribution >= 0.6 is 0 Å². The molecular weight excluding hydrogens is 909 g/mol. The summed E-state index contributed by atoms with van der Waals surface area (Å²) >= 11 is 0. The summed E-state index contributed by atoms with van der Waals surface area (Å²) in [6.45, 7) is 8.31. The molecule has 0 saturated carbocycles. The summed E-state index contributed by atoms with van der Waals surface area (Å²) in [6, 6.07) is 39.4. The van der Waals surface area contributed by atoms with Crippen LogP contribution < -0.4 is 33.2 Å². The Kier molecular flexibility index (Phi) is 14.7. The van der Waals surface area contributed by atoms with Gasteiger partial charge in [-0.25, -0.2) is 0 Å². The number of benzene rings is 4. The Balaban J connectivity index is 0.000000174. The minimum atomic E-state index is 0. The van der Waals surface area contributed by atoms with Crippen molar-refractivity contribution in [3.8, 4) is 57.1 Å². The van der Waals surface area contributed by atoms with Gasteiger partial charge in [-0.1, -0.05) is 12.3 Å². The average Bonchev–Trinajstić information content (AvgIpc) is 4.00. The largest absolute Gasteiger partial charge is 0.554 e. The molecule has 1 radical (unpaired) electrons. The van der Waals surface area contributed by atoms with E-state index in [4.69, 9.17) is 18.9 Å². The quantitative estimate of drug-likeness (QED) is 0.120. The molecule has 8 aromatic rings. The van der Waals surface area contributed by atoms with Gasteiger partial charge in [0.15, 0.2) is 0 Å². The Labute approximate surface area is 352 Å². The molecule has 0 fully saturated rings. The van der Waals surface area contributed by atoms with E-state index in [0.717, 1.165) is 74.2 Å². The fraction of sp³-hybridized carbons (Fsp3) is 0.178. The number of rotatable bonds is 9. The third-order valence-electron chi connectivity index (χ3n) is 9.25. The Morgan fingerprint density at radius 3 is 1.36 bits per heavy atom. The Hall–Kier alpha value is -6.56. The van der Waals surface area contributed by atoms with Crippen molar-refractivity contribution in [2.45, 2.75) is 27.7 Å². The second kappa shape index (κ2) is 20.0. The van der Waals surface area contributed by atoms with Crippen LogP contribution in [-0.4, -0.2) is 52.9 Å². The van der Waals surface area contributed by atoms with E-state index in [9.17, 15) is 0 Å². The van der Waals surface area contributed by atoms with Crippen LogP contribution in [0.25, 0.3) is 34.1 Å². The van der Waals surface area contributed by atoms with Gasteiger partial charge >= 0.3 is 0 Å². The first-order valence-corrected chi connectivity index (χ1v) is 17.9. The van der Waals surface area contributed by atoms with Crippen molar-refractivity contribution in [3.05, 3.63) is 163 Å². The van der Waals surface area contributed by atoms with E-state index >= 15 is 0 Å². The maximum absolute atomic E-state index is 5.21. The topological polar surface area (TPSA) is 107 Å². The summed E-state index contributed by atoms with van der Waals surface area (Å²) in [7, 11) is 6.63. The average molecular weight is 952 g/mol. The van der Waals surface area contributed by atoms with Gasteiger partial charge in [0.25, 0.3) is 12.7 Å². The van der Waals surface area contributed by atoms with Crippen LogP contribution in [0.1, 0.15) is 22.8 Å². The number of pyridine rings is 1. The van der Waals surface area contributed by atoms with Crippen molar-refractivity contribution in [1.82, 2.24) is 29.5 Å². The molecule has 12 nitrogen and oxygen atoms in total. The van der Waals surface area contributed by atoms with Crippen LogP contribution in [-0.2, 0) is 20.1 Å².